The minimum Gasteiger partial charge on any atom is -0.326 e. The van der Waals surface area contributed by atoms with Crippen LogP contribution in [0.4, 0.5) is 0 Å². The fraction of sp³-hybridized carbons (Fsp3) is 0.333. The van der Waals surface area contributed by atoms with Crippen LogP contribution in [-0.4, -0.2) is 24.5 Å². The molecule has 0 bridgehead atoms. The van der Waals surface area contributed by atoms with Gasteiger partial charge in [0.1, 0.15) is 0 Å². The van der Waals surface area contributed by atoms with Gasteiger partial charge in [-0.3, -0.25) is 0 Å². The zero-order valence-corrected chi connectivity index (χ0v) is 12.4. The smallest absolute Gasteiger partial charge is 0.0233 e. The van der Waals surface area contributed by atoms with Crippen molar-refractivity contribution in [1.29, 1.82) is 0 Å². The van der Waals surface area contributed by atoms with E-state index >= 15 is 0 Å². The second kappa shape index (κ2) is 7.22. The number of hydrogen-bond donors (Lipinski definition) is 1. The van der Waals surface area contributed by atoms with Gasteiger partial charge in [-0.1, -0.05) is 54.6 Å². The summed E-state index contributed by atoms with van der Waals surface area (Å²) in [6, 6.07) is 19.2. The molecule has 1 atom stereocenters. The summed E-state index contributed by atoms with van der Waals surface area (Å²) >= 11 is 0. The third-order valence-electron chi connectivity index (χ3n) is 3.59. The quantitative estimate of drug-likeness (QED) is 0.872. The number of likely N-dealkylation sites (N-methyl/N-ethyl adjacent to an activating group) is 1. The number of rotatable bonds is 6. The molecule has 0 saturated heterocycles. The minimum absolute atomic E-state index is 0.173. The Morgan fingerprint density at radius 3 is 2.35 bits per heavy atom. The number of hydrogen-bond acceptors (Lipinski definition) is 2. The van der Waals surface area contributed by atoms with Crippen LogP contribution >= 0.6 is 0 Å². The lowest BCUT2D eigenvalue weighted by Crippen LogP contribution is -2.36. The van der Waals surface area contributed by atoms with Crippen molar-refractivity contribution in [3.05, 3.63) is 71.3 Å². The zero-order valence-electron chi connectivity index (χ0n) is 12.4. The number of aryl methyl sites for hydroxylation is 1. The Bertz CT molecular complexity index is 522. The summed E-state index contributed by atoms with van der Waals surface area (Å²) in [5, 5.41) is 0. The average Bonchev–Trinajstić information content (AvgIpc) is 2.42. The Morgan fingerprint density at radius 2 is 1.65 bits per heavy atom. The molecule has 0 aliphatic rings. The van der Waals surface area contributed by atoms with E-state index in [2.05, 4.69) is 67.4 Å². The molecule has 0 fully saturated rings. The number of nitrogens with zero attached hydrogens (tertiary/aromatic N) is 1. The highest BCUT2D eigenvalue weighted by atomic mass is 15.1. The number of benzene rings is 2. The van der Waals surface area contributed by atoms with Crippen LogP contribution < -0.4 is 5.73 Å². The molecule has 2 nitrogen and oxygen atoms in total. The molecular formula is C18H24N2. The Balaban J connectivity index is 1.85. The van der Waals surface area contributed by atoms with Gasteiger partial charge in [-0.05, 0) is 37.1 Å². The normalized spacial score (nSPS) is 12.6. The van der Waals surface area contributed by atoms with Crippen LogP contribution in [0.5, 0.6) is 0 Å². The highest BCUT2D eigenvalue weighted by molar-refractivity contribution is 5.25. The summed E-state index contributed by atoms with van der Waals surface area (Å²) < 4.78 is 0. The molecule has 2 aromatic carbocycles. The fourth-order valence-corrected chi connectivity index (χ4v) is 2.52. The van der Waals surface area contributed by atoms with Crippen LogP contribution in [0.1, 0.15) is 16.7 Å². The summed E-state index contributed by atoms with van der Waals surface area (Å²) in [5.74, 6) is 0. The first-order valence-corrected chi connectivity index (χ1v) is 7.17. The van der Waals surface area contributed by atoms with Crippen LogP contribution in [-0.2, 0) is 13.0 Å². The Hall–Kier alpha value is -1.64. The molecular weight excluding hydrogens is 244 g/mol. The SMILES string of the molecule is Cc1ccccc1CN(C)CC(N)Cc1ccccc1. The zero-order chi connectivity index (χ0) is 14.4. The van der Waals surface area contributed by atoms with Crippen LogP contribution in [0.15, 0.2) is 54.6 Å². The van der Waals surface area contributed by atoms with Crippen molar-refractivity contribution in [2.45, 2.75) is 25.9 Å². The van der Waals surface area contributed by atoms with Crippen LogP contribution in [0.3, 0.4) is 0 Å². The van der Waals surface area contributed by atoms with Gasteiger partial charge >= 0.3 is 0 Å². The monoisotopic (exact) mass is 268 g/mol. The third kappa shape index (κ3) is 4.48. The van der Waals surface area contributed by atoms with E-state index in [1.165, 1.54) is 16.7 Å². The maximum absolute atomic E-state index is 6.26. The van der Waals surface area contributed by atoms with Crippen LogP contribution in [0.25, 0.3) is 0 Å². The van der Waals surface area contributed by atoms with E-state index < -0.39 is 0 Å². The lowest BCUT2D eigenvalue weighted by Gasteiger charge is -2.22. The first-order valence-electron chi connectivity index (χ1n) is 7.17. The molecule has 0 aliphatic heterocycles. The lowest BCUT2D eigenvalue weighted by molar-refractivity contribution is 0.302. The van der Waals surface area contributed by atoms with Gasteiger partial charge in [-0.25, -0.2) is 0 Å². The molecule has 20 heavy (non-hydrogen) atoms. The van der Waals surface area contributed by atoms with Gasteiger partial charge in [0, 0.05) is 19.1 Å². The molecule has 2 aromatic rings. The summed E-state index contributed by atoms with van der Waals surface area (Å²) in [4.78, 5) is 2.30. The molecule has 2 N–H and O–H groups in total. The van der Waals surface area contributed by atoms with Crippen molar-refractivity contribution in [3.8, 4) is 0 Å². The van der Waals surface area contributed by atoms with Crippen LogP contribution in [0.2, 0.25) is 0 Å². The molecule has 0 amide bonds. The van der Waals surface area contributed by atoms with E-state index in [1.807, 2.05) is 6.07 Å². The fourth-order valence-electron chi connectivity index (χ4n) is 2.52. The standard InChI is InChI=1S/C18H24N2/c1-15-8-6-7-11-17(15)13-20(2)14-18(19)12-16-9-4-3-5-10-16/h3-11,18H,12-14,19H2,1-2H3. The van der Waals surface area contributed by atoms with E-state index in [1.54, 1.807) is 0 Å². The third-order valence-corrected chi connectivity index (χ3v) is 3.59. The van der Waals surface area contributed by atoms with Crippen molar-refractivity contribution < 1.29 is 0 Å². The van der Waals surface area contributed by atoms with Gasteiger partial charge in [-0.2, -0.15) is 0 Å². The summed E-state index contributed by atoms with van der Waals surface area (Å²) in [6.07, 6.45) is 0.930. The first-order chi connectivity index (χ1) is 9.65. The van der Waals surface area contributed by atoms with Gasteiger partial charge in [0.25, 0.3) is 0 Å². The van der Waals surface area contributed by atoms with Crippen molar-refractivity contribution in [1.82, 2.24) is 4.90 Å². The van der Waals surface area contributed by atoms with Crippen molar-refractivity contribution >= 4 is 0 Å². The van der Waals surface area contributed by atoms with Gasteiger partial charge in [-0.15, -0.1) is 0 Å². The Morgan fingerprint density at radius 1 is 1.00 bits per heavy atom. The highest BCUT2D eigenvalue weighted by Gasteiger charge is 2.09. The van der Waals surface area contributed by atoms with Gasteiger partial charge < -0.3 is 10.6 Å². The summed E-state index contributed by atoms with van der Waals surface area (Å²) in [5.41, 5.74) is 10.3. The molecule has 0 aliphatic carbocycles. The highest BCUT2D eigenvalue weighted by Crippen LogP contribution is 2.10. The van der Waals surface area contributed by atoms with E-state index in [-0.39, 0.29) is 6.04 Å². The van der Waals surface area contributed by atoms with E-state index in [0.717, 1.165) is 19.5 Å². The predicted octanol–water partition coefficient (Wildman–Crippen LogP) is 3.00. The van der Waals surface area contributed by atoms with Gasteiger partial charge in [0.2, 0.25) is 0 Å². The number of nitrogens with two attached hydrogens (primary N) is 1. The van der Waals surface area contributed by atoms with Crippen molar-refractivity contribution in [3.63, 3.8) is 0 Å². The maximum Gasteiger partial charge on any atom is 0.0233 e. The molecule has 0 saturated carbocycles. The molecule has 106 valence electrons. The lowest BCUT2D eigenvalue weighted by atomic mass is 10.1. The molecule has 0 aromatic heterocycles. The summed E-state index contributed by atoms with van der Waals surface area (Å²) in [7, 11) is 2.14. The van der Waals surface area contributed by atoms with Crippen molar-refractivity contribution in [2.75, 3.05) is 13.6 Å². The topological polar surface area (TPSA) is 29.3 Å². The van der Waals surface area contributed by atoms with E-state index in [0.29, 0.717) is 0 Å². The molecule has 2 rings (SSSR count). The Labute approximate surface area is 122 Å². The van der Waals surface area contributed by atoms with E-state index in [9.17, 15) is 0 Å². The largest absolute Gasteiger partial charge is 0.326 e. The predicted molar refractivity (Wildman–Crippen MR) is 85.6 cm³/mol. The second-order valence-electron chi connectivity index (χ2n) is 5.57. The maximum atomic E-state index is 6.26. The average molecular weight is 268 g/mol. The molecule has 0 heterocycles. The van der Waals surface area contributed by atoms with Gasteiger partial charge in [0.15, 0.2) is 0 Å². The molecule has 2 heteroatoms. The summed E-state index contributed by atoms with van der Waals surface area (Å²) in [6.45, 7) is 4.02. The second-order valence-corrected chi connectivity index (χ2v) is 5.57. The van der Waals surface area contributed by atoms with Crippen LogP contribution in [0, 0.1) is 6.92 Å². The minimum atomic E-state index is 0.173. The van der Waals surface area contributed by atoms with E-state index in [4.69, 9.17) is 5.73 Å². The van der Waals surface area contributed by atoms with Gasteiger partial charge in [0.05, 0.1) is 0 Å². The molecule has 0 spiro atoms. The Kier molecular flexibility index (Phi) is 5.33. The molecule has 0 radical (unpaired) electrons. The van der Waals surface area contributed by atoms with Crippen molar-refractivity contribution in [2.24, 2.45) is 5.73 Å². The molecule has 1 unspecified atom stereocenters. The first kappa shape index (κ1) is 14.8.